The predicted octanol–water partition coefficient (Wildman–Crippen LogP) is 13.7. The number of ether oxygens (including phenoxy) is 1. The third-order valence-corrected chi connectivity index (χ3v) is 11.2. The van der Waals surface area contributed by atoms with Gasteiger partial charge in [-0.05, 0) is 126 Å². The van der Waals surface area contributed by atoms with Crippen LogP contribution in [0.4, 0.5) is 0 Å². The first-order chi connectivity index (χ1) is 24.6. The lowest BCUT2D eigenvalue weighted by Crippen LogP contribution is -2.41. The summed E-state index contributed by atoms with van der Waals surface area (Å²) >= 11 is 0. The van der Waals surface area contributed by atoms with Crippen LogP contribution in [-0.4, -0.2) is 19.0 Å². The molecule has 3 aliphatic rings. The molecule has 1 aromatic rings. The first-order valence-corrected chi connectivity index (χ1v) is 20.8. The molecule has 1 heterocycles. The molecule has 0 radical (unpaired) electrons. The summed E-state index contributed by atoms with van der Waals surface area (Å²) in [5, 5.41) is 3.46. The molecule has 4 nitrogen and oxygen atoms in total. The van der Waals surface area contributed by atoms with E-state index in [0.29, 0.717) is 11.8 Å². The number of hydrogen-bond acceptors (Lipinski definition) is 3. The highest BCUT2D eigenvalue weighted by molar-refractivity contribution is 5.85. The molecule has 51 heavy (non-hydrogen) atoms. The third-order valence-electron chi connectivity index (χ3n) is 11.2. The lowest BCUT2D eigenvalue weighted by Gasteiger charge is -2.33. The van der Waals surface area contributed by atoms with E-state index < -0.39 is 0 Å². The van der Waals surface area contributed by atoms with Crippen LogP contribution in [0.1, 0.15) is 190 Å². The molecule has 1 N–H and O–H groups in total. The Morgan fingerprint density at radius 2 is 1.65 bits per heavy atom. The lowest BCUT2D eigenvalue weighted by molar-refractivity contribution is -0.131. The summed E-state index contributed by atoms with van der Waals surface area (Å²) in [6.45, 7) is 21.7. The molecule has 288 valence electrons. The first-order valence-electron chi connectivity index (χ1n) is 20.8. The van der Waals surface area contributed by atoms with Crippen molar-refractivity contribution in [2.75, 3.05) is 7.11 Å². The number of carbonyl (C=O) groups excluding carboxylic acids is 2. The van der Waals surface area contributed by atoms with Crippen LogP contribution >= 0.6 is 0 Å². The van der Waals surface area contributed by atoms with E-state index in [1.54, 1.807) is 7.11 Å². The topological polar surface area (TPSA) is 55.4 Å². The molecule has 1 aromatic carbocycles. The maximum Gasteiger partial charge on any atom is 0.230 e. The van der Waals surface area contributed by atoms with E-state index in [0.717, 1.165) is 81.5 Å². The Hall–Kier alpha value is -2.84. The van der Waals surface area contributed by atoms with Crippen molar-refractivity contribution in [2.24, 2.45) is 17.3 Å². The van der Waals surface area contributed by atoms with Crippen LogP contribution in [-0.2, 0) is 20.7 Å². The SMILES string of the molecule is CC.CC/C=C(C)/C(=C(/C)OC)c1ccccc1CCC.CCCC1(CCC(C)CC)CCC(C)=C(C2CCCCC2)NC1=O.O=C=C1CCC1. The smallest absolute Gasteiger partial charge is 0.230 e. The van der Waals surface area contributed by atoms with Crippen molar-refractivity contribution in [2.45, 2.75) is 185 Å². The summed E-state index contributed by atoms with van der Waals surface area (Å²) < 4.78 is 5.51. The number of nitrogens with one attached hydrogen (secondary N) is 1. The van der Waals surface area contributed by atoms with E-state index in [2.05, 4.69) is 84.1 Å². The number of allylic oxidation sites excluding steroid dienone is 7. The second kappa shape index (κ2) is 26.0. The molecule has 0 spiro atoms. The van der Waals surface area contributed by atoms with Gasteiger partial charge in [-0.1, -0.05) is 123 Å². The van der Waals surface area contributed by atoms with E-state index in [-0.39, 0.29) is 5.41 Å². The minimum atomic E-state index is -0.129. The number of methoxy groups -OCH3 is 1. The minimum Gasteiger partial charge on any atom is -0.501 e. The van der Waals surface area contributed by atoms with E-state index >= 15 is 0 Å². The summed E-state index contributed by atoms with van der Waals surface area (Å²) in [4.78, 5) is 22.9. The van der Waals surface area contributed by atoms with Crippen molar-refractivity contribution in [3.8, 4) is 0 Å². The van der Waals surface area contributed by atoms with Gasteiger partial charge in [0, 0.05) is 22.3 Å². The first kappa shape index (κ1) is 46.2. The van der Waals surface area contributed by atoms with Crippen LogP contribution in [0.15, 0.2) is 58.5 Å². The van der Waals surface area contributed by atoms with Gasteiger partial charge in [0.1, 0.15) is 11.7 Å². The fourth-order valence-electron chi connectivity index (χ4n) is 7.58. The number of amides is 1. The van der Waals surface area contributed by atoms with Crippen LogP contribution in [0.25, 0.3) is 5.57 Å². The number of carbonyl (C=O) groups is 1. The zero-order valence-electron chi connectivity index (χ0n) is 35.0. The van der Waals surface area contributed by atoms with Gasteiger partial charge in [0.25, 0.3) is 0 Å². The monoisotopic (exact) mass is 704 g/mol. The number of rotatable bonds is 13. The van der Waals surface area contributed by atoms with Gasteiger partial charge in [0.2, 0.25) is 5.91 Å². The van der Waals surface area contributed by atoms with Crippen molar-refractivity contribution in [3.05, 3.63) is 69.6 Å². The molecule has 4 rings (SSSR count). The Kier molecular flexibility index (Phi) is 23.5. The van der Waals surface area contributed by atoms with E-state index in [1.165, 1.54) is 84.9 Å². The van der Waals surface area contributed by atoms with Gasteiger partial charge in [-0.25, -0.2) is 4.79 Å². The Morgan fingerprint density at radius 1 is 0.980 bits per heavy atom. The van der Waals surface area contributed by atoms with Gasteiger partial charge in [0.15, 0.2) is 0 Å². The van der Waals surface area contributed by atoms with Gasteiger partial charge < -0.3 is 10.1 Å². The molecular weight excluding hydrogens is 627 g/mol. The van der Waals surface area contributed by atoms with Gasteiger partial charge in [-0.2, -0.15) is 0 Å². The Balaban J connectivity index is 0.000000427. The molecule has 2 unspecified atom stereocenters. The zero-order valence-corrected chi connectivity index (χ0v) is 35.0. The van der Waals surface area contributed by atoms with E-state index in [1.807, 2.05) is 26.7 Å². The minimum absolute atomic E-state index is 0.129. The average Bonchev–Trinajstić information content (AvgIpc) is 3.25. The fraction of sp³-hybridized carbons (Fsp3) is 0.681. The second-order valence-electron chi connectivity index (χ2n) is 15.0. The molecule has 1 aliphatic heterocycles. The number of aryl methyl sites for hydroxylation is 1. The highest BCUT2D eigenvalue weighted by Gasteiger charge is 2.40. The second-order valence-corrected chi connectivity index (χ2v) is 15.0. The summed E-state index contributed by atoms with van der Waals surface area (Å²) in [6, 6.07) is 8.65. The van der Waals surface area contributed by atoms with Crippen molar-refractivity contribution in [3.63, 3.8) is 0 Å². The van der Waals surface area contributed by atoms with Crippen LogP contribution in [0.2, 0.25) is 0 Å². The summed E-state index contributed by atoms with van der Waals surface area (Å²) in [5.41, 5.74) is 8.86. The van der Waals surface area contributed by atoms with Crippen LogP contribution < -0.4 is 5.32 Å². The summed E-state index contributed by atoms with van der Waals surface area (Å²) in [7, 11) is 1.75. The maximum absolute atomic E-state index is 13.3. The number of hydrogen-bond donors (Lipinski definition) is 1. The molecule has 2 fully saturated rings. The van der Waals surface area contributed by atoms with Crippen molar-refractivity contribution < 1.29 is 14.3 Å². The van der Waals surface area contributed by atoms with E-state index in [9.17, 15) is 9.59 Å². The molecule has 0 aromatic heterocycles. The number of benzene rings is 1. The summed E-state index contributed by atoms with van der Waals surface area (Å²) in [6.07, 6.45) is 23.1. The molecule has 1 amide bonds. The third kappa shape index (κ3) is 15.0. The molecule has 2 atom stereocenters. The van der Waals surface area contributed by atoms with Gasteiger partial charge in [0.05, 0.1) is 7.11 Å². The molecule has 2 aliphatic carbocycles. The standard InChI is InChI=1S/C22H39NO.C18H26O.C5H6O.C2H6/c1-5-14-22(15-12-17(3)6-2)16-13-18(4)20(23-21(22)24)19-10-8-7-9-11-19;1-6-10-14(3)18(15(4)19-5)17-13-9-8-12-16(17)11-7-2;6-4-5-2-1-3-5;1-2/h17,19H,5-16H2,1-4H3,(H,23,24);8-10,12-13H,6-7,11H2,1-5H3;1-3H2;1-2H3/b;14-10+,18-15+;;. The Bertz CT molecular complexity index is 1300. The maximum atomic E-state index is 13.3. The van der Waals surface area contributed by atoms with Gasteiger partial charge in [-0.3, -0.25) is 4.79 Å². The average molecular weight is 704 g/mol. The van der Waals surface area contributed by atoms with Crippen molar-refractivity contribution in [1.29, 1.82) is 0 Å². The van der Waals surface area contributed by atoms with Crippen molar-refractivity contribution >= 4 is 17.4 Å². The van der Waals surface area contributed by atoms with Crippen LogP contribution in [0, 0.1) is 17.3 Å². The zero-order chi connectivity index (χ0) is 38.2. The van der Waals surface area contributed by atoms with Gasteiger partial charge in [-0.15, -0.1) is 0 Å². The highest BCUT2D eigenvalue weighted by Crippen LogP contribution is 2.42. The normalized spacial score (nSPS) is 20.3. The van der Waals surface area contributed by atoms with E-state index in [4.69, 9.17) is 4.74 Å². The largest absolute Gasteiger partial charge is 0.501 e. The predicted molar refractivity (Wildman–Crippen MR) is 221 cm³/mol. The quantitative estimate of drug-likeness (QED) is 0.126. The Labute approximate surface area is 315 Å². The molecule has 4 heteroatoms. The molecular formula is C47H77NO3. The van der Waals surface area contributed by atoms with Gasteiger partial charge >= 0.3 is 0 Å². The fourth-order valence-corrected chi connectivity index (χ4v) is 7.58. The molecule has 0 bridgehead atoms. The highest BCUT2D eigenvalue weighted by atomic mass is 16.5. The van der Waals surface area contributed by atoms with Crippen LogP contribution in [0.5, 0.6) is 0 Å². The van der Waals surface area contributed by atoms with Crippen molar-refractivity contribution in [1.82, 2.24) is 5.32 Å². The molecule has 0 saturated heterocycles. The Morgan fingerprint density at radius 3 is 2.16 bits per heavy atom. The summed E-state index contributed by atoms with van der Waals surface area (Å²) in [5.74, 6) is 4.53. The lowest BCUT2D eigenvalue weighted by atomic mass is 9.73. The van der Waals surface area contributed by atoms with Crippen LogP contribution in [0.3, 0.4) is 0 Å². The molecule has 2 saturated carbocycles.